The molecule has 4 aliphatic carbocycles. The van der Waals surface area contributed by atoms with E-state index in [9.17, 15) is 10.5 Å². The van der Waals surface area contributed by atoms with Gasteiger partial charge < -0.3 is 18.1 Å². The molecule has 0 saturated carbocycles. The zero-order chi connectivity index (χ0) is 76.8. The Bertz CT molecular complexity index is 7010. The van der Waals surface area contributed by atoms with E-state index in [-0.39, 0.29) is 5.28 Å². The first-order chi connectivity index (χ1) is 55.8. The topological polar surface area (TPSA) is 170 Å². The first kappa shape index (κ1) is 68.0. The fourth-order valence-electron chi connectivity index (χ4n) is 18.2. The van der Waals surface area contributed by atoms with Crippen molar-refractivity contribution < 1.29 is 18.1 Å². The van der Waals surface area contributed by atoms with Crippen LogP contribution in [0.15, 0.2) is 324 Å². The normalized spacial score (nSPS) is 16.2. The van der Waals surface area contributed by atoms with Gasteiger partial charge in [0.25, 0.3) is 0 Å². The van der Waals surface area contributed by atoms with Crippen molar-refractivity contribution >= 4 is 68.1 Å². The van der Waals surface area contributed by atoms with Gasteiger partial charge in [-0.15, -0.1) is 0 Å². The summed E-state index contributed by atoms with van der Waals surface area (Å²) >= 11 is 5.99. The summed E-state index contributed by atoms with van der Waals surface area (Å²) in [6, 6.07) is 112. The summed E-state index contributed by atoms with van der Waals surface area (Å²) in [5.41, 5.74) is 26.0. The smallest absolute Gasteiger partial charge is 0.456 e. The third kappa shape index (κ3) is 10.2. The fraction of sp³-hybridized carbons (Fsp3) is 0.0800. The van der Waals surface area contributed by atoms with Crippen LogP contribution in [0, 0.1) is 22.7 Å². The van der Waals surface area contributed by atoms with E-state index in [0.29, 0.717) is 40.2 Å². The van der Waals surface area contributed by atoms with Gasteiger partial charge in [0.1, 0.15) is 22.3 Å². The summed E-state index contributed by atoms with van der Waals surface area (Å²) in [7, 11) is -0.610. The number of nitrogens with zero attached hydrogens (tertiary/aromatic N) is 8. The Morgan fingerprint density at radius 3 is 1.07 bits per heavy atom. The number of nitriles is 2. The van der Waals surface area contributed by atoms with E-state index in [2.05, 4.69) is 213 Å². The standard InChI is InChI=1S/C47H26N4O.C38H28BNO3.C15H10ClN3/c48-27-28-23-24-32-31-17-7-10-20-36(31)47(38(32)25-28)37-21-11-8-18-33(37)41-39(47)26-35(43-42(41)34-19-9-12-22-40(34)52-43)46-50-44(29-13-3-1-4-14-29)49-45(51-46)30-15-5-2-6-16-30;1-36(2)37(3,4)43-39(42-36)31-20-30-33(34-26-13-7-10-16-32(26)41-35(31)34)25-12-6-9-15-28(25)38(30)27-14-8-5-11-23(27)24-18-17-22(21-40)19-29(24)38;16-15-18-13(11-7-3-1-4-8-11)17-14(19-15)12-9-5-2-6-10-12/h1-26H;5-20H,1-4H3;1-10H. The van der Waals surface area contributed by atoms with E-state index >= 15 is 0 Å². The Morgan fingerprint density at radius 1 is 0.307 bits per heavy atom. The summed E-state index contributed by atoms with van der Waals surface area (Å²) < 4.78 is 26.9. The first-order valence-electron chi connectivity index (χ1n) is 38.0. The van der Waals surface area contributed by atoms with Gasteiger partial charge in [-0.3, -0.25) is 0 Å². The molecule has 0 N–H and O–H groups in total. The second kappa shape index (κ2) is 26.0. The van der Waals surface area contributed by atoms with Gasteiger partial charge >= 0.3 is 7.12 Å². The SMILES string of the molecule is CC1(C)OB(c2cc3c(c4c2oc2ccccc24)-c2ccccc2C32c3ccccc3-c3ccc(C#N)cc32)OC1(C)C.Clc1nc(-c2ccccc2)nc(-c2ccccc2)n1.N#Cc1ccc2c(c1)C1(c3ccccc3-2)c2ccccc2-c2c1cc(-c1nc(-c3ccccc3)nc(-c3ccccc3)n1)c1oc3ccccc3c21. The summed E-state index contributed by atoms with van der Waals surface area (Å²) in [5, 5.41) is 24.6. The van der Waals surface area contributed by atoms with Crippen LogP contribution in [-0.2, 0) is 20.1 Å². The molecule has 2 spiro atoms. The Morgan fingerprint density at radius 2 is 0.640 bits per heavy atom. The second-order valence-corrected chi connectivity index (χ2v) is 30.7. The van der Waals surface area contributed by atoms with Crippen molar-refractivity contribution in [1.29, 1.82) is 10.5 Å². The predicted molar refractivity (Wildman–Crippen MR) is 451 cm³/mol. The average molecular weight is 1490 g/mol. The van der Waals surface area contributed by atoms with Crippen LogP contribution in [0.2, 0.25) is 5.28 Å². The molecule has 5 heterocycles. The van der Waals surface area contributed by atoms with Crippen LogP contribution in [0.3, 0.4) is 0 Å². The van der Waals surface area contributed by atoms with Crippen molar-refractivity contribution in [2.45, 2.75) is 49.7 Å². The van der Waals surface area contributed by atoms with Gasteiger partial charge in [0, 0.05) is 49.3 Å². The molecule has 12 nitrogen and oxygen atoms in total. The zero-order valence-corrected chi connectivity index (χ0v) is 62.9. The van der Waals surface area contributed by atoms with E-state index in [4.69, 9.17) is 44.7 Å². The van der Waals surface area contributed by atoms with Gasteiger partial charge in [-0.05, 0) is 171 Å². The maximum Gasteiger partial charge on any atom is 0.498 e. The average Bonchev–Trinajstić information content (AvgIpc) is 1.50. The summed E-state index contributed by atoms with van der Waals surface area (Å²) in [6.07, 6.45) is 0. The molecule has 18 aromatic rings. The molecule has 14 aromatic carbocycles. The lowest BCUT2D eigenvalue weighted by Crippen LogP contribution is -2.41. The molecular formula is C100H64BClN8O4. The van der Waals surface area contributed by atoms with Crippen molar-refractivity contribution in [1.82, 2.24) is 29.9 Å². The molecule has 1 saturated heterocycles. The van der Waals surface area contributed by atoms with E-state index in [0.717, 1.165) is 116 Å². The van der Waals surface area contributed by atoms with E-state index in [1.54, 1.807) is 0 Å². The Balaban J connectivity index is 0.000000118. The number of hydrogen-bond donors (Lipinski definition) is 0. The van der Waals surface area contributed by atoms with Crippen LogP contribution in [0.25, 0.3) is 145 Å². The van der Waals surface area contributed by atoms with Gasteiger partial charge in [0.2, 0.25) is 5.28 Å². The highest BCUT2D eigenvalue weighted by Crippen LogP contribution is 2.67. The van der Waals surface area contributed by atoms with Crippen LogP contribution < -0.4 is 5.46 Å². The molecule has 1 fully saturated rings. The maximum atomic E-state index is 10.2. The van der Waals surface area contributed by atoms with Crippen LogP contribution in [0.1, 0.15) is 83.3 Å². The van der Waals surface area contributed by atoms with Crippen LogP contribution in [0.5, 0.6) is 0 Å². The zero-order valence-electron chi connectivity index (χ0n) is 62.2. The summed E-state index contributed by atoms with van der Waals surface area (Å²) in [5.74, 6) is 2.87. The van der Waals surface area contributed by atoms with Crippen LogP contribution in [0.4, 0.5) is 0 Å². The number of halogens is 1. The minimum absolute atomic E-state index is 0.202. The lowest BCUT2D eigenvalue weighted by molar-refractivity contribution is 0.00578. The molecule has 1 aliphatic heterocycles. The molecule has 0 radical (unpaired) electrons. The molecule has 2 unspecified atom stereocenters. The molecule has 538 valence electrons. The third-order valence-electron chi connectivity index (χ3n) is 23.8. The van der Waals surface area contributed by atoms with Gasteiger partial charge in [-0.2, -0.15) is 20.5 Å². The van der Waals surface area contributed by atoms with Crippen molar-refractivity contribution in [3.63, 3.8) is 0 Å². The van der Waals surface area contributed by atoms with Crippen molar-refractivity contribution in [3.8, 4) is 114 Å². The second-order valence-electron chi connectivity index (χ2n) is 30.4. The van der Waals surface area contributed by atoms with E-state index < -0.39 is 29.2 Å². The highest BCUT2D eigenvalue weighted by molar-refractivity contribution is 6.65. The number of fused-ring (bicyclic) bond motifs is 28. The minimum Gasteiger partial charge on any atom is -0.456 e. The van der Waals surface area contributed by atoms with E-state index in [1.807, 2.05) is 158 Å². The van der Waals surface area contributed by atoms with Crippen LogP contribution in [-0.4, -0.2) is 48.2 Å². The molecule has 23 rings (SSSR count). The predicted octanol–water partition coefficient (Wildman–Crippen LogP) is 22.9. The molecule has 114 heavy (non-hydrogen) atoms. The third-order valence-corrected chi connectivity index (χ3v) is 24.0. The van der Waals surface area contributed by atoms with Crippen molar-refractivity contribution in [3.05, 3.63) is 376 Å². The van der Waals surface area contributed by atoms with Gasteiger partial charge in [0.15, 0.2) is 29.1 Å². The summed E-state index contributed by atoms with van der Waals surface area (Å²) in [6.45, 7) is 8.34. The lowest BCUT2D eigenvalue weighted by Gasteiger charge is -2.32. The maximum absolute atomic E-state index is 10.2. The van der Waals surface area contributed by atoms with E-state index in [1.165, 1.54) is 50.1 Å². The Labute approximate surface area is 662 Å². The number of hydrogen-bond acceptors (Lipinski definition) is 12. The van der Waals surface area contributed by atoms with Gasteiger partial charge in [-0.25, -0.2) is 19.9 Å². The van der Waals surface area contributed by atoms with Gasteiger partial charge in [-0.1, -0.05) is 273 Å². The number of benzene rings is 14. The van der Waals surface area contributed by atoms with Crippen molar-refractivity contribution in [2.24, 2.45) is 0 Å². The number of rotatable bonds is 6. The largest absolute Gasteiger partial charge is 0.498 e. The fourth-order valence-corrected chi connectivity index (χ4v) is 18.4. The monoisotopic (exact) mass is 1490 g/mol. The minimum atomic E-state index is -0.691. The molecule has 2 atom stereocenters. The quantitative estimate of drug-likeness (QED) is 0.145. The molecular weight excluding hydrogens is 1420 g/mol. The van der Waals surface area contributed by atoms with Gasteiger partial charge in [0.05, 0.1) is 50.9 Å². The highest BCUT2D eigenvalue weighted by Gasteiger charge is 2.57. The highest BCUT2D eigenvalue weighted by atomic mass is 35.5. The first-order valence-corrected chi connectivity index (χ1v) is 38.4. The van der Waals surface area contributed by atoms with Crippen molar-refractivity contribution in [2.75, 3.05) is 0 Å². The lowest BCUT2D eigenvalue weighted by atomic mass is 9.68. The molecule has 5 aliphatic rings. The summed E-state index contributed by atoms with van der Waals surface area (Å²) in [4.78, 5) is 28.2. The number of para-hydroxylation sites is 2. The number of aromatic nitrogens is 6. The molecule has 0 amide bonds. The molecule has 14 heteroatoms. The molecule has 4 aromatic heterocycles. The Kier molecular flexibility index (Phi) is 15.5. The van der Waals surface area contributed by atoms with Crippen LogP contribution >= 0.6 is 11.6 Å². The Hall–Kier alpha value is -14.0. The number of furan rings is 2. The molecule has 0 bridgehead atoms.